The summed E-state index contributed by atoms with van der Waals surface area (Å²) in [6.07, 6.45) is 2.40. The van der Waals surface area contributed by atoms with E-state index in [1.54, 1.807) is 21.2 Å². The van der Waals surface area contributed by atoms with E-state index in [9.17, 15) is 4.79 Å². The molecular formula is C14H19N3O2. The van der Waals surface area contributed by atoms with Crippen molar-refractivity contribution < 1.29 is 9.53 Å². The van der Waals surface area contributed by atoms with Crippen LogP contribution in [0, 0.1) is 0 Å². The maximum Gasteiger partial charge on any atom is 0.239 e. The number of carbonyl (C=O) groups excluding carboxylic acids is 1. The van der Waals surface area contributed by atoms with E-state index in [0.29, 0.717) is 6.42 Å². The number of nitrogens with two attached hydrogens (primary N) is 1. The lowest BCUT2D eigenvalue weighted by molar-refractivity contribution is -0.130. The molecule has 0 fully saturated rings. The highest BCUT2D eigenvalue weighted by Gasteiger charge is 2.17. The molecule has 0 bridgehead atoms. The van der Waals surface area contributed by atoms with Crippen molar-refractivity contribution in [2.75, 3.05) is 21.2 Å². The quantitative estimate of drug-likeness (QED) is 0.866. The Labute approximate surface area is 112 Å². The van der Waals surface area contributed by atoms with E-state index in [-0.39, 0.29) is 5.91 Å². The van der Waals surface area contributed by atoms with E-state index in [1.165, 1.54) is 4.90 Å². The van der Waals surface area contributed by atoms with Crippen molar-refractivity contribution in [1.29, 1.82) is 0 Å². The number of H-pyrrole nitrogens is 1. The van der Waals surface area contributed by atoms with Gasteiger partial charge in [-0.25, -0.2) is 0 Å². The third-order valence-corrected chi connectivity index (χ3v) is 3.17. The standard InChI is InChI=1S/C14H19N3O2/c1-17(2)14(18)12(15)6-9-8-16-13-5-4-10(19-3)7-11(9)13/h4-5,7-8,12,16H,6,15H2,1-3H3. The van der Waals surface area contributed by atoms with Gasteiger partial charge in [0.05, 0.1) is 13.2 Å². The zero-order chi connectivity index (χ0) is 14.0. The SMILES string of the molecule is COc1ccc2[nH]cc(CC(N)C(=O)N(C)C)c2c1. The van der Waals surface area contributed by atoms with Crippen LogP contribution in [0.1, 0.15) is 5.56 Å². The molecule has 1 unspecified atom stereocenters. The third kappa shape index (κ3) is 2.71. The van der Waals surface area contributed by atoms with Crippen LogP contribution < -0.4 is 10.5 Å². The molecule has 0 aliphatic rings. The van der Waals surface area contributed by atoms with Gasteiger partial charge in [0, 0.05) is 31.2 Å². The lowest BCUT2D eigenvalue weighted by atomic mass is 10.0. The monoisotopic (exact) mass is 261 g/mol. The second kappa shape index (κ2) is 5.32. The fourth-order valence-electron chi connectivity index (χ4n) is 2.11. The summed E-state index contributed by atoms with van der Waals surface area (Å²) in [6.45, 7) is 0. The molecular weight excluding hydrogens is 242 g/mol. The molecule has 19 heavy (non-hydrogen) atoms. The summed E-state index contributed by atoms with van der Waals surface area (Å²) in [5.41, 5.74) is 7.97. The Bertz CT molecular complexity index is 589. The van der Waals surface area contributed by atoms with Gasteiger partial charge in [0.1, 0.15) is 5.75 Å². The number of aromatic nitrogens is 1. The summed E-state index contributed by atoms with van der Waals surface area (Å²) in [6, 6.07) is 5.28. The molecule has 3 N–H and O–H groups in total. The predicted octanol–water partition coefficient (Wildman–Crippen LogP) is 1.13. The predicted molar refractivity (Wildman–Crippen MR) is 75.2 cm³/mol. The summed E-state index contributed by atoms with van der Waals surface area (Å²) in [7, 11) is 5.05. The maximum atomic E-state index is 11.8. The topological polar surface area (TPSA) is 71.3 Å². The first-order valence-electron chi connectivity index (χ1n) is 6.13. The largest absolute Gasteiger partial charge is 0.497 e. The number of nitrogens with zero attached hydrogens (tertiary/aromatic N) is 1. The number of benzene rings is 1. The molecule has 2 aromatic rings. The molecule has 102 valence electrons. The van der Waals surface area contributed by atoms with Crippen LogP contribution in [0.5, 0.6) is 5.75 Å². The van der Waals surface area contributed by atoms with Gasteiger partial charge in [0.2, 0.25) is 5.91 Å². The average molecular weight is 261 g/mol. The number of fused-ring (bicyclic) bond motifs is 1. The average Bonchev–Trinajstić information content (AvgIpc) is 2.80. The van der Waals surface area contributed by atoms with Crippen molar-refractivity contribution in [1.82, 2.24) is 9.88 Å². The minimum Gasteiger partial charge on any atom is -0.497 e. The fraction of sp³-hybridized carbons (Fsp3) is 0.357. The first-order valence-corrected chi connectivity index (χ1v) is 6.13. The summed E-state index contributed by atoms with van der Waals surface area (Å²) in [5.74, 6) is 0.720. The van der Waals surface area contributed by atoms with Crippen molar-refractivity contribution in [3.63, 3.8) is 0 Å². The van der Waals surface area contributed by atoms with Crippen LogP contribution in [-0.4, -0.2) is 43.0 Å². The summed E-state index contributed by atoms with van der Waals surface area (Å²) in [5, 5.41) is 1.04. The molecule has 0 saturated heterocycles. The van der Waals surface area contributed by atoms with E-state index in [1.807, 2.05) is 24.4 Å². The number of aromatic amines is 1. The Morgan fingerprint density at radius 2 is 2.21 bits per heavy atom. The zero-order valence-electron chi connectivity index (χ0n) is 11.4. The first kappa shape index (κ1) is 13.4. The molecule has 1 atom stereocenters. The minimum absolute atomic E-state index is 0.0720. The lowest BCUT2D eigenvalue weighted by Crippen LogP contribution is -2.41. The van der Waals surface area contributed by atoms with Gasteiger partial charge in [-0.15, -0.1) is 0 Å². The molecule has 0 saturated carbocycles. The normalized spacial score (nSPS) is 12.4. The number of hydrogen-bond donors (Lipinski definition) is 2. The van der Waals surface area contributed by atoms with Gasteiger partial charge in [-0.3, -0.25) is 4.79 Å². The molecule has 0 aliphatic carbocycles. The molecule has 5 nitrogen and oxygen atoms in total. The molecule has 1 aromatic heterocycles. The van der Waals surface area contributed by atoms with Gasteiger partial charge in [0.25, 0.3) is 0 Å². The van der Waals surface area contributed by atoms with Gasteiger partial charge in [-0.2, -0.15) is 0 Å². The van der Waals surface area contributed by atoms with Gasteiger partial charge in [-0.1, -0.05) is 0 Å². The molecule has 0 spiro atoms. The summed E-state index contributed by atoms with van der Waals surface area (Å²) >= 11 is 0. The Morgan fingerprint density at radius 3 is 2.84 bits per heavy atom. The number of carbonyl (C=O) groups is 1. The highest BCUT2D eigenvalue weighted by Crippen LogP contribution is 2.24. The van der Waals surface area contributed by atoms with Crippen LogP contribution in [0.4, 0.5) is 0 Å². The number of nitrogens with one attached hydrogen (secondary N) is 1. The smallest absolute Gasteiger partial charge is 0.239 e. The number of methoxy groups -OCH3 is 1. The molecule has 2 rings (SSSR count). The summed E-state index contributed by atoms with van der Waals surface area (Å²) in [4.78, 5) is 16.5. The lowest BCUT2D eigenvalue weighted by Gasteiger charge is -2.16. The molecule has 1 heterocycles. The van der Waals surface area contributed by atoms with Crippen LogP contribution in [0.15, 0.2) is 24.4 Å². The number of likely N-dealkylation sites (N-methyl/N-ethyl adjacent to an activating group) is 1. The van der Waals surface area contributed by atoms with Crippen molar-refractivity contribution >= 4 is 16.8 Å². The Morgan fingerprint density at radius 1 is 1.47 bits per heavy atom. The van der Waals surface area contributed by atoms with Gasteiger partial charge in [-0.05, 0) is 30.2 Å². The van der Waals surface area contributed by atoms with Crippen molar-refractivity contribution in [3.8, 4) is 5.75 Å². The van der Waals surface area contributed by atoms with E-state index in [4.69, 9.17) is 10.5 Å². The van der Waals surface area contributed by atoms with Gasteiger partial charge < -0.3 is 20.4 Å². The van der Waals surface area contributed by atoms with Gasteiger partial charge >= 0.3 is 0 Å². The van der Waals surface area contributed by atoms with Crippen LogP contribution in [0.2, 0.25) is 0 Å². The Kier molecular flexibility index (Phi) is 3.76. The Hall–Kier alpha value is -2.01. The van der Waals surface area contributed by atoms with E-state index >= 15 is 0 Å². The van der Waals surface area contributed by atoms with Crippen LogP contribution in [-0.2, 0) is 11.2 Å². The molecule has 5 heteroatoms. The van der Waals surface area contributed by atoms with Gasteiger partial charge in [0.15, 0.2) is 0 Å². The number of hydrogen-bond acceptors (Lipinski definition) is 3. The fourth-order valence-corrected chi connectivity index (χ4v) is 2.11. The highest BCUT2D eigenvalue weighted by atomic mass is 16.5. The summed E-state index contributed by atoms with van der Waals surface area (Å²) < 4.78 is 5.22. The van der Waals surface area contributed by atoms with Crippen LogP contribution >= 0.6 is 0 Å². The van der Waals surface area contributed by atoms with E-state index in [0.717, 1.165) is 22.2 Å². The Balaban J connectivity index is 2.27. The number of ether oxygens (including phenoxy) is 1. The molecule has 1 aromatic carbocycles. The van der Waals surface area contributed by atoms with E-state index in [2.05, 4.69) is 4.98 Å². The minimum atomic E-state index is -0.528. The maximum absolute atomic E-state index is 11.8. The van der Waals surface area contributed by atoms with E-state index < -0.39 is 6.04 Å². The van der Waals surface area contributed by atoms with Crippen molar-refractivity contribution in [3.05, 3.63) is 30.0 Å². The molecule has 1 amide bonds. The zero-order valence-corrected chi connectivity index (χ0v) is 11.4. The molecule has 0 aliphatic heterocycles. The van der Waals surface area contributed by atoms with Crippen LogP contribution in [0.25, 0.3) is 10.9 Å². The number of rotatable bonds is 4. The number of amides is 1. The second-order valence-electron chi connectivity index (χ2n) is 4.77. The third-order valence-electron chi connectivity index (χ3n) is 3.17. The van der Waals surface area contributed by atoms with Crippen molar-refractivity contribution in [2.24, 2.45) is 5.73 Å². The van der Waals surface area contributed by atoms with Crippen LogP contribution in [0.3, 0.4) is 0 Å². The van der Waals surface area contributed by atoms with Crippen molar-refractivity contribution in [2.45, 2.75) is 12.5 Å². The molecule has 0 radical (unpaired) electrons. The second-order valence-corrected chi connectivity index (χ2v) is 4.77. The highest BCUT2D eigenvalue weighted by molar-refractivity contribution is 5.86. The first-order chi connectivity index (χ1) is 9.02.